The van der Waals surface area contributed by atoms with Crippen LogP contribution in [0.4, 0.5) is 0 Å². The smallest absolute Gasteiger partial charge is 0.247 e. The average Bonchev–Trinajstić information content (AvgIpc) is 2.75. The third kappa shape index (κ3) is 1.39. The minimum atomic E-state index is -0.179. The molecule has 2 heterocycles. The zero-order valence-electron chi connectivity index (χ0n) is 7.40. The lowest BCUT2D eigenvalue weighted by atomic mass is 10.2. The van der Waals surface area contributed by atoms with Gasteiger partial charge in [0.15, 0.2) is 5.76 Å². The summed E-state index contributed by atoms with van der Waals surface area (Å²) in [5.74, 6) is 0.135. The van der Waals surface area contributed by atoms with E-state index in [4.69, 9.17) is 4.42 Å². The minimum absolute atomic E-state index is 0.179. The Labute approximate surface area is 88.6 Å². The lowest BCUT2D eigenvalue weighted by Crippen LogP contribution is -2.07. The summed E-state index contributed by atoms with van der Waals surface area (Å²) in [7, 11) is 1.71. The first kappa shape index (κ1) is 9.21. The van der Waals surface area contributed by atoms with Gasteiger partial charge in [-0.05, 0) is 28.1 Å². The van der Waals surface area contributed by atoms with Crippen LogP contribution in [0.15, 0.2) is 33.5 Å². The highest BCUT2D eigenvalue weighted by atomic mass is 79.9. The molecule has 0 aliphatic heterocycles. The molecule has 5 heteroatoms. The monoisotopic (exact) mass is 254 g/mol. The molecular formula is C9H7BrN2O2. The van der Waals surface area contributed by atoms with Gasteiger partial charge in [-0.3, -0.25) is 9.48 Å². The highest BCUT2D eigenvalue weighted by Crippen LogP contribution is 2.18. The first-order valence-corrected chi connectivity index (χ1v) is 4.75. The van der Waals surface area contributed by atoms with Gasteiger partial charge in [0.1, 0.15) is 5.69 Å². The van der Waals surface area contributed by atoms with Crippen LogP contribution in [0.1, 0.15) is 16.2 Å². The van der Waals surface area contributed by atoms with E-state index in [2.05, 4.69) is 21.0 Å². The average molecular weight is 255 g/mol. The Balaban J connectivity index is 2.46. The van der Waals surface area contributed by atoms with E-state index in [1.807, 2.05) is 0 Å². The molecule has 0 amide bonds. The molecule has 0 N–H and O–H groups in total. The number of aryl methyl sites for hydroxylation is 1. The van der Waals surface area contributed by atoms with E-state index in [0.717, 1.165) is 0 Å². The van der Waals surface area contributed by atoms with Crippen molar-refractivity contribution in [3.8, 4) is 0 Å². The summed E-state index contributed by atoms with van der Waals surface area (Å²) in [6.07, 6.45) is 3.05. The Hall–Kier alpha value is -1.36. The Morgan fingerprint density at radius 1 is 1.64 bits per heavy atom. The number of hydrogen-bond acceptors (Lipinski definition) is 3. The van der Waals surface area contributed by atoms with Crippen molar-refractivity contribution in [2.24, 2.45) is 7.05 Å². The number of hydrogen-bond donors (Lipinski definition) is 0. The molecule has 14 heavy (non-hydrogen) atoms. The summed E-state index contributed by atoms with van der Waals surface area (Å²) < 4.78 is 7.19. The molecule has 0 spiro atoms. The molecule has 0 aromatic carbocycles. The molecule has 4 nitrogen and oxygen atoms in total. The highest BCUT2D eigenvalue weighted by molar-refractivity contribution is 9.10. The number of ketones is 1. The van der Waals surface area contributed by atoms with Gasteiger partial charge in [0, 0.05) is 7.05 Å². The summed E-state index contributed by atoms with van der Waals surface area (Å²) in [6.45, 7) is 0. The van der Waals surface area contributed by atoms with Gasteiger partial charge >= 0.3 is 0 Å². The lowest BCUT2D eigenvalue weighted by Gasteiger charge is -1.98. The second-order valence-electron chi connectivity index (χ2n) is 2.77. The molecule has 0 atom stereocenters. The van der Waals surface area contributed by atoms with Crippen molar-refractivity contribution in [2.75, 3.05) is 0 Å². The van der Waals surface area contributed by atoms with E-state index in [9.17, 15) is 4.79 Å². The van der Waals surface area contributed by atoms with Gasteiger partial charge in [-0.25, -0.2) is 0 Å². The van der Waals surface area contributed by atoms with Crippen LogP contribution in [0.25, 0.3) is 0 Å². The van der Waals surface area contributed by atoms with Crippen molar-refractivity contribution in [1.82, 2.24) is 9.78 Å². The summed E-state index contributed by atoms with van der Waals surface area (Å²) in [5.41, 5.74) is 0.486. The molecule has 0 bridgehead atoms. The van der Waals surface area contributed by atoms with E-state index in [0.29, 0.717) is 15.9 Å². The van der Waals surface area contributed by atoms with Gasteiger partial charge < -0.3 is 4.42 Å². The van der Waals surface area contributed by atoms with Crippen LogP contribution in [0.2, 0.25) is 0 Å². The summed E-state index contributed by atoms with van der Waals surface area (Å²) in [6, 6.07) is 3.30. The maximum atomic E-state index is 11.8. The largest absolute Gasteiger partial charge is 0.461 e. The standard InChI is InChI=1S/C9H7BrN2O2/c1-12-8(6(10)5-11-12)9(13)7-3-2-4-14-7/h2-5H,1H3. The Kier molecular flexibility index (Phi) is 2.25. The van der Waals surface area contributed by atoms with Gasteiger partial charge in [0.05, 0.1) is 16.9 Å². The number of furan rings is 1. The quantitative estimate of drug-likeness (QED) is 0.771. The molecule has 0 fully saturated rings. The van der Waals surface area contributed by atoms with Crippen molar-refractivity contribution in [1.29, 1.82) is 0 Å². The molecule has 0 aliphatic rings. The number of rotatable bonds is 2. The molecular weight excluding hydrogens is 248 g/mol. The van der Waals surface area contributed by atoms with Crippen LogP contribution < -0.4 is 0 Å². The van der Waals surface area contributed by atoms with E-state index in [1.165, 1.54) is 10.9 Å². The zero-order valence-corrected chi connectivity index (χ0v) is 8.98. The molecule has 0 aliphatic carbocycles. The van der Waals surface area contributed by atoms with E-state index in [1.54, 1.807) is 25.4 Å². The van der Waals surface area contributed by atoms with Crippen LogP contribution in [0.5, 0.6) is 0 Å². The predicted octanol–water partition coefficient (Wildman–Crippen LogP) is 2.01. The second-order valence-corrected chi connectivity index (χ2v) is 3.63. The summed E-state index contributed by atoms with van der Waals surface area (Å²) in [5, 5.41) is 3.95. The molecule has 0 unspecified atom stereocenters. The number of aromatic nitrogens is 2. The fourth-order valence-electron chi connectivity index (χ4n) is 1.19. The lowest BCUT2D eigenvalue weighted by molar-refractivity contribution is 0.0999. The van der Waals surface area contributed by atoms with Crippen molar-refractivity contribution >= 4 is 21.7 Å². The topological polar surface area (TPSA) is 48.0 Å². The van der Waals surface area contributed by atoms with E-state index < -0.39 is 0 Å². The van der Waals surface area contributed by atoms with Crippen LogP contribution >= 0.6 is 15.9 Å². The first-order valence-electron chi connectivity index (χ1n) is 3.96. The van der Waals surface area contributed by atoms with Crippen molar-refractivity contribution in [2.45, 2.75) is 0 Å². The van der Waals surface area contributed by atoms with Gasteiger partial charge in [0.25, 0.3) is 0 Å². The second kappa shape index (κ2) is 3.42. The Bertz CT molecular complexity index is 440. The van der Waals surface area contributed by atoms with Crippen LogP contribution in [0, 0.1) is 0 Å². The fraction of sp³-hybridized carbons (Fsp3) is 0.111. The maximum absolute atomic E-state index is 11.8. The number of nitrogens with zero attached hydrogens (tertiary/aromatic N) is 2. The molecule has 0 saturated heterocycles. The van der Waals surface area contributed by atoms with E-state index >= 15 is 0 Å². The summed E-state index contributed by atoms with van der Waals surface area (Å²) in [4.78, 5) is 11.8. The fourth-order valence-corrected chi connectivity index (χ4v) is 1.72. The van der Waals surface area contributed by atoms with Crippen LogP contribution in [-0.4, -0.2) is 15.6 Å². The van der Waals surface area contributed by atoms with Gasteiger partial charge in [-0.15, -0.1) is 0 Å². The number of carbonyl (C=O) groups is 1. The highest BCUT2D eigenvalue weighted by Gasteiger charge is 2.18. The number of carbonyl (C=O) groups excluding carboxylic acids is 1. The molecule has 0 radical (unpaired) electrons. The maximum Gasteiger partial charge on any atom is 0.247 e. The molecule has 2 rings (SSSR count). The Morgan fingerprint density at radius 3 is 2.93 bits per heavy atom. The summed E-state index contributed by atoms with van der Waals surface area (Å²) >= 11 is 3.26. The van der Waals surface area contributed by atoms with Gasteiger partial charge in [0.2, 0.25) is 5.78 Å². The van der Waals surface area contributed by atoms with Crippen LogP contribution in [-0.2, 0) is 7.05 Å². The SMILES string of the molecule is Cn1ncc(Br)c1C(=O)c1ccco1. The first-order chi connectivity index (χ1) is 6.70. The number of halogens is 1. The predicted molar refractivity (Wildman–Crippen MR) is 53.0 cm³/mol. The van der Waals surface area contributed by atoms with Crippen LogP contribution in [0.3, 0.4) is 0 Å². The molecule has 2 aromatic rings. The molecule has 72 valence electrons. The molecule has 0 saturated carbocycles. The normalized spacial score (nSPS) is 10.4. The molecule has 2 aromatic heterocycles. The van der Waals surface area contributed by atoms with Crippen molar-refractivity contribution in [3.05, 3.63) is 40.5 Å². The third-order valence-corrected chi connectivity index (χ3v) is 2.43. The van der Waals surface area contributed by atoms with Crippen molar-refractivity contribution in [3.63, 3.8) is 0 Å². The minimum Gasteiger partial charge on any atom is -0.461 e. The van der Waals surface area contributed by atoms with Crippen molar-refractivity contribution < 1.29 is 9.21 Å². The van der Waals surface area contributed by atoms with Gasteiger partial charge in [-0.2, -0.15) is 5.10 Å². The third-order valence-electron chi connectivity index (χ3n) is 1.85. The zero-order chi connectivity index (χ0) is 10.1. The van der Waals surface area contributed by atoms with E-state index in [-0.39, 0.29) is 5.78 Å². The Morgan fingerprint density at radius 2 is 2.43 bits per heavy atom. The van der Waals surface area contributed by atoms with Gasteiger partial charge in [-0.1, -0.05) is 0 Å².